The van der Waals surface area contributed by atoms with Gasteiger partial charge in [-0.1, -0.05) is 114 Å². The van der Waals surface area contributed by atoms with Gasteiger partial charge >= 0.3 is 6.16 Å². The van der Waals surface area contributed by atoms with E-state index in [1.54, 1.807) is 18.7 Å². The van der Waals surface area contributed by atoms with Crippen LogP contribution < -0.4 is 5.32 Å². The monoisotopic (exact) mass is 563 g/mol. The second-order valence-electron chi connectivity index (χ2n) is 8.30. The number of nitrogens with one attached hydrogen (secondary N) is 1. The number of carbonyl (C=O) groups is 2. The van der Waals surface area contributed by atoms with E-state index in [1.807, 2.05) is 54.6 Å². The first-order valence-electron chi connectivity index (χ1n) is 11.2. The van der Waals surface area contributed by atoms with E-state index >= 15 is 0 Å². The lowest BCUT2D eigenvalue weighted by molar-refractivity contribution is -0.137. The molecule has 3 atom stereocenters. The third-order valence-corrected chi connectivity index (χ3v) is 8.73. The Bertz CT molecular complexity index is 1080. The standard InChI is InChI=1S/C27H24Cl3NO4S/c1-18(34-25(33)35-26(29,30)17-28)22-23(32)31-24(22)36-27(19-11-5-2-6-12-19,20-13-7-3-8-14-20)21-15-9-4-10-16-21/h2-16,18,22,24H,17H2,1H3,(H,31,32)/t18?,22-,24+/m0/s1. The molecular weight excluding hydrogens is 541 g/mol. The van der Waals surface area contributed by atoms with Gasteiger partial charge in [-0.25, -0.2) is 4.79 Å². The van der Waals surface area contributed by atoms with Crippen LogP contribution in [0.25, 0.3) is 0 Å². The smallest absolute Gasteiger partial charge is 0.430 e. The first-order valence-corrected chi connectivity index (χ1v) is 13.4. The van der Waals surface area contributed by atoms with Gasteiger partial charge in [-0.05, 0) is 23.6 Å². The Morgan fingerprint density at radius 1 is 0.917 bits per heavy atom. The van der Waals surface area contributed by atoms with Crippen LogP contribution in [0.3, 0.4) is 0 Å². The molecule has 0 aromatic heterocycles. The summed E-state index contributed by atoms with van der Waals surface area (Å²) >= 11 is 18.8. The summed E-state index contributed by atoms with van der Waals surface area (Å²) in [6, 6.07) is 30.3. The van der Waals surface area contributed by atoms with E-state index in [0.717, 1.165) is 16.7 Å². The third-order valence-electron chi connectivity index (χ3n) is 5.93. The normalized spacial score (nSPS) is 18.5. The van der Waals surface area contributed by atoms with Crippen molar-refractivity contribution in [3.05, 3.63) is 108 Å². The fourth-order valence-electron chi connectivity index (χ4n) is 4.24. The van der Waals surface area contributed by atoms with Crippen LogP contribution in [0.2, 0.25) is 0 Å². The number of alkyl halides is 3. The molecule has 0 spiro atoms. The van der Waals surface area contributed by atoms with Crippen molar-refractivity contribution in [3.63, 3.8) is 0 Å². The zero-order chi connectivity index (χ0) is 25.8. The highest BCUT2D eigenvalue weighted by Crippen LogP contribution is 2.52. The summed E-state index contributed by atoms with van der Waals surface area (Å²) in [5.41, 5.74) is 3.16. The maximum absolute atomic E-state index is 12.7. The largest absolute Gasteiger partial charge is 0.511 e. The molecule has 1 heterocycles. The van der Waals surface area contributed by atoms with Crippen molar-refractivity contribution in [1.29, 1.82) is 0 Å². The molecule has 1 unspecified atom stereocenters. The predicted molar refractivity (Wildman–Crippen MR) is 144 cm³/mol. The molecule has 1 aliphatic heterocycles. The third kappa shape index (κ3) is 5.62. The summed E-state index contributed by atoms with van der Waals surface area (Å²) in [4.78, 5) is 24.9. The number of rotatable bonds is 9. The summed E-state index contributed by atoms with van der Waals surface area (Å²) in [6.45, 7) is 1.64. The molecule has 1 aliphatic rings. The molecule has 1 saturated heterocycles. The molecule has 3 aromatic carbocycles. The van der Waals surface area contributed by atoms with Crippen molar-refractivity contribution in [1.82, 2.24) is 5.32 Å². The Hall–Kier alpha value is -2.38. The predicted octanol–water partition coefficient (Wildman–Crippen LogP) is 6.70. The van der Waals surface area contributed by atoms with Crippen molar-refractivity contribution >= 4 is 58.6 Å². The maximum Gasteiger partial charge on any atom is 0.511 e. The Balaban J connectivity index is 1.69. The minimum absolute atomic E-state index is 0.226. The van der Waals surface area contributed by atoms with Gasteiger partial charge in [0.25, 0.3) is 4.52 Å². The number of hydrogen-bond donors (Lipinski definition) is 1. The van der Waals surface area contributed by atoms with Gasteiger partial charge in [-0.15, -0.1) is 23.4 Å². The number of halogens is 3. The molecular formula is C27H24Cl3NO4S. The zero-order valence-corrected chi connectivity index (χ0v) is 22.4. The highest BCUT2D eigenvalue weighted by Gasteiger charge is 2.51. The van der Waals surface area contributed by atoms with Crippen molar-refractivity contribution < 1.29 is 19.1 Å². The lowest BCUT2D eigenvalue weighted by Gasteiger charge is -2.45. The van der Waals surface area contributed by atoms with Gasteiger partial charge < -0.3 is 14.8 Å². The van der Waals surface area contributed by atoms with Crippen LogP contribution in [0.5, 0.6) is 0 Å². The summed E-state index contributed by atoms with van der Waals surface area (Å²) in [5, 5.41) is 2.62. The number of benzene rings is 3. The van der Waals surface area contributed by atoms with Gasteiger partial charge in [0, 0.05) is 0 Å². The lowest BCUT2D eigenvalue weighted by atomic mass is 9.84. The molecule has 0 saturated carbocycles. The Morgan fingerprint density at radius 2 is 1.36 bits per heavy atom. The van der Waals surface area contributed by atoms with Crippen molar-refractivity contribution in [2.75, 3.05) is 5.88 Å². The van der Waals surface area contributed by atoms with Gasteiger partial charge in [0.05, 0.1) is 16.0 Å². The quantitative estimate of drug-likeness (QED) is 0.136. The Kier molecular flexibility index (Phi) is 8.41. The molecule has 0 radical (unpaired) electrons. The summed E-state index contributed by atoms with van der Waals surface area (Å²) < 4.78 is 7.65. The number of β-lactam (4-membered cyclic amide) rings is 1. The van der Waals surface area contributed by atoms with Gasteiger partial charge in [0.1, 0.15) is 12.0 Å². The van der Waals surface area contributed by atoms with Crippen LogP contribution in [-0.4, -0.2) is 33.9 Å². The van der Waals surface area contributed by atoms with Crippen LogP contribution in [0, 0.1) is 5.92 Å². The molecule has 36 heavy (non-hydrogen) atoms. The van der Waals surface area contributed by atoms with Gasteiger partial charge in [-0.2, -0.15) is 0 Å². The minimum atomic E-state index is -1.92. The zero-order valence-electron chi connectivity index (χ0n) is 19.3. The minimum Gasteiger partial charge on any atom is -0.430 e. The van der Waals surface area contributed by atoms with Crippen LogP contribution in [0.1, 0.15) is 23.6 Å². The van der Waals surface area contributed by atoms with E-state index in [4.69, 9.17) is 44.3 Å². The number of thioether (sulfide) groups is 1. The van der Waals surface area contributed by atoms with E-state index in [2.05, 4.69) is 41.7 Å². The summed E-state index contributed by atoms with van der Waals surface area (Å²) in [7, 11) is 0. The van der Waals surface area contributed by atoms with Crippen LogP contribution in [0.15, 0.2) is 91.0 Å². The van der Waals surface area contributed by atoms with Crippen molar-refractivity contribution in [2.45, 2.75) is 27.7 Å². The van der Waals surface area contributed by atoms with Gasteiger partial charge in [-0.3, -0.25) is 4.79 Å². The molecule has 1 N–H and O–H groups in total. The highest BCUT2D eigenvalue weighted by molar-refractivity contribution is 8.01. The maximum atomic E-state index is 12.7. The molecule has 1 fully saturated rings. The van der Waals surface area contributed by atoms with E-state index in [1.165, 1.54) is 0 Å². The molecule has 9 heteroatoms. The first-order chi connectivity index (χ1) is 17.3. The van der Waals surface area contributed by atoms with E-state index in [0.29, 0.717) is 0 Å². The highest BCUT2D eigenvalue weighted by atomic mass is 35.5. The topological polar surface area (TPSA) is 64.6 Å². The molecule has 188 valence electrons. The SMILES string of the molecule is CC(OC(=O)OC(Cl)(Cl)CCl)[C@H]1C(=O)N[C@@H]1SC(c1ccccc1)(c1ccccc1)c1ccccc1. The average Bonchev–Trinajstić information content (AvgIpc) is 2.87. The Morgan fingerprint density at radius 3 is 1.75 bits per heavy atom. The number of hydrogen-bond acceptors (Lipinski definition) is 5. The number of carbonyl (C=O) groups excluding carboxylic acids is 2. The molecule has 4 rings (SSSR count). The molecule has 0 bridgehead atoms. The van der Waals surface area contributed by atoms with Crippen LogP contribution >= 0.6 is 46.6 Å². The van der Waals surface area contributed by atoms with Crippen molar-refractivity contribution in [3.8, 4) is 0 Å². The van der Waals surface area contributed by atoms with Gasteiger partial charge in [0.2, 0.25) is 5.91 Å². The lowest BCUT2D eigenvalue weighted by Crippen LogP contribution is -2.62. The Labute approximate surface area is 229 Å². The summed E-state index contributed by atoms with van der Waals surface area (Å²) in [6.07, 6.45) is -1.90. The van der Waals surface area contributed by atoms with Crippen LogP contribution in [0.4, 0.5) is 4.79 Å². The van der Waals surface area contributed by atoms with Crippen LogP contribution in [-0.2, 0) is 19.0 Å². The van der Waals surface area contributed by atoms with E-state index in [9.17, 15) is 9.59 Å². The van der Waals surface area contributed by atoms with E-state index in [-0.39, 0.29) is 17.2 Å². The molecule has 3 aromatic rings. The van der Waals surface area contributed by atoms with Crippen molar-refractivity contribution in [2.24, 2.45) is 5.92 Å². The number of ether oxygens (including phenoxy) is 2. The fourth-order valence-corrected chi connectivity index (χ4v) is 6.29. The molecule has 0 aliphatic carbocycles. The van der Waals surface area contributed by atoms with Gasteiger partial charge in [0.15, 0.2) is 0 Å². The fraction of sp³-hybridized carbons (Fsp3) is 0.259. The number of amides is 1. The molecule has 1 amide bonds. The van der Waals surface area contributed by atoms with E-state index < -0.39 is 27.4 Å². The summed E-state index contributed by atoms with van der Waals surface area (Å²) in [5.74, 6) is -1.19. The first kappa shape index (κ1) is 26.7. The molecule has 5 nitrogen and oxygen atoms in total. The second kappa shape index (κ2) is 11.3. The second-order valence-corrected chi connectivity index (χ2v) is 11.3. The average molecular weight is 565 g/mol.